The zero-order chi connectivity index (χ0) is 26.1. The third-order valence-corrected chi connectivity index (χ3v) is 7.89. The van der Waals surface area contributed by atoms with E-state index in [1.165, 1.54) is 45.9 Å². The van der Waals surface area contributed by atoms with E-state index >= 15 is 0 Å². The second-order valence-corrected chi connectivity index (χ2v) is 13.7. The lowest BCUT2D eigenvalue weighted by Gasteiger charge is -2.50. The van der Waals surface area contributed by atoms with E-state index in [1.54, 1.807) is 0 Å². The second-order valence-electron chi connectivity index (χ2n) is 13.7. The standard InChI is InChI=1S/C34H48B/c1-11-12-25-35(29-22-16-13-19-26(29)32(2,3)4,30-23-17-14-20-27(30)33(5,6)7)31-24-18-15-21-28(31)34(8,9)10/h13-24H,11-12,25H2,1-10H3/q-1. The van der Waals surface area contributed by atoms with Gasteiger partial charge < -0.3 is 0 Å². The van der Waals surface area contributed by atoms with Crippen LogP contribution in [-0.2, 0) is 16.2 Å². The highest BCUT2D eigenvalue weighted by atomic mass is 14.3. The van der Waals surface area contributed by atoms with Crippen molar-refractivity contribution in [2.24, 2.45) is 0 Å². The van der Waals surface area contributed by atoms with Crippen LogP contribution in [0.4, 0.5) is 0 Å². The zero-order valence-electron chi connectivity index (χ0n) is 24.1. The third kappa shape index (κ3) is 5.45. The minimum atomic E-state index is -1.21. The molecule has 0 heterocycles. The smallest absolute Gasteiger partial charge is 0.0825 e. The van der Waals surface area contributed by atoms with Crippen molar-refractivity contribution in [2.45, 2.75) is 105 Å². The monoisotopic (exact) mass is 467 g/mol. The van der Waals surface area contributed by atoms with E-state index in [2.05, 4.69) is 142 Å². The van der Waals surface area contributed by atoms with E-state index in [0.717, 1.165) is 6.32 Å². The Balaban J connectivity index is 2.63. The van der Waals surface area contributed by atoms with Crippen molar-refractivity contribution in [3.8, 4) is 0 Å². The first kappa shape index (κ1) is 27.3. The highest BCUT2D eigenvalue weighted by Crippen LogP contribution is 2.32. The number of hydrogen-bond donors (Lipinski definition) is 0. The fraction of sp³-hybridized carbons (Fsp3) is 0.471. The maximum Gasteiger partial charge on any atom is 0.0825 e. The van der Waals surface area contributed by atoms with Crippen LogP contribution in [0.25, 0.3) is 0 Å². The third-order valence-electron chi connectivity index (χ3n) is 7.89. The summed E-state index contributed by atoms with van der Waals surface area (Å²) in [4.78, 5) is 0. The molecule has 0 unspecified atom stereocenters. The molecule has 0 aliphatic carbocycles. The molecular weight excluding hydrogens is 419 g/mol. The molecule has 0 aliphatic heterocycles. The zero-order valence-corrected chi connectivity index (χ0v) is 24.1. The van der Waals surface area contributed by atoms with Crippen molar-refractivity contribution in [2.75, 3.05) is 0 Å². The molecule has 0 saturated heterocycles. The second kappa shape index (κ2) is 10.0. The Labute approximate surface area is 216 Å². The lowest BCUT2D eigenvalue weighted by atomic mass is 9.12. The molecule has 0 aromatic heterocycles. The van der Waals surface area contributed by atoms with Crippen molar-refractivity contribution in [1.29, 1.82) is 0 Å². The summed E-state index contributed by atoms with van der Waals surface area (Å²) in [5.74, 6) is 0. The molecule has 0 radical (unpaired) electrons. The van der Waals surface area contributed by atoms with Crippen LogP contribution in [-0.4, -0.2) is 6.15 Å². The summed E-state index contributed by atoms with van der Waals surface area (Å²) in [7, 11) is 0. The summed E-state index contributed by atoms with van der Waals surface area (Å²) in [6, 6.07) is 28.0. The molecule has 0 amide bonds. The molecule has 1 heteroatoms. The van der Waals surface area contributed by atoms with Gasteiger partial charge in [0, 0.05) is 0 Å². The predicted octanol–water partition coefficient (Wildman–Crippen LogP) is 7.85. The first-order chi connectivity index (χ1) is 16.2. The van der Waals surface area contributed by atoms with Gasteiger partial charge in [0.15, 0.2) is 0 Å². The molecule has 0 spiro atoms. The molecule has 35 heavy (non-hydrogen) atoms. The van der Waals surface area contributed by atoms with Gasteiger partial charge >= 0.3 is 0 Å². The first-order valence-corrected chi connectivity index (χ1v) is 13.7. The molecule has 0 bridgehead atoms. The SMILES string of the molecule is CCCC[B-](c1ccccc1C(C)(C)C)(c1ccccc1C(C)(C)C)c1ccccc1C(C)(C)C. The van der Waals surface area contributed by atoms with Crippen LogP contribution in [0.3, 0.4) is 0 Å². The van der Waals surface area contributed by atoms with E-state index < -0.39 is 6.15 Å². The highest BCUT2D eigenvalue weighted by Gasteiger charge is 2.38. The molecular formula is C34H48B-. The van der Waals surface area contributed by atoms with Gasteiger partial charge in [-0.3, -0.25) is 0 Å². The molecule has 0 nitrogen and oxygen atoms in total. The Morgan fingerprint density at radius 3 is 1.03 bits per heavy atom. The highest BCUT2D eigenvalue weighted by molar-refractivity contribution is 7.12. The normalized spacial score (nSPS) is 13.2. The minimum Gasteiger partial charge on any atom is -0.196 e. The van der Waals surface area contributed by atoms with Gasteiger partial charge in [-0.25, -0.2) is 0 Å². The van der Waals surface area contributed by atoms with E-state index in [4.69, 9.17) is 0 Å². The quantitative estimate of drug-likeness (QED) is 0.324. The molecule has 188 valence electrons. The van der Waals surface area contributed by atoms with Crippen LogP contribution in [0.5, 0.6) is 0 Å². The molecule has 0 fully saturated rings. The van der Waals surface area contributed by atoms with Gasteiger partial charge in [0.05, 0.1) is 6.15 Å². The molecule has 3 aromatic rings. The van der Waals surface area contributed by atoms with Gasteiger partial charge in [-0.15, -0.1) is 0 Å². The van der Waals surface area contributed by atoms with Gasteiger partial charge in [0.2, 0.25) is 0 Å². The number of unbranched alkanes of at least 4 members (excludes halogenated alkanes) is 1. The molecule has 3 aromatic carbocycles. The topological polar surface area (TPSA) is 0 Å². The predicted molar refractivity (Wildman–Crippen MR) is 160 cm³/mol. The van der Waals surface area contributed by atoms with Crippen molar-refractivity contribution in [3.05, 3.63) is 89.5 Å². The van der Waals surface area contributed by atoms with Crippen molar-refractivity contribution < 1.29 is 0 Å². The summed E-state index contributed by atoms with van der Waals surface area (Å²) in [6.45, 7) is 23.7. The Bertz CT molecular complexity index is 993. The fourth-order valence-corrected chi connectivity index (χ4v) is 6.31. The van der Waals surface area contributed by atoms with Crippen LogP contribution in [0.1, 0.15) is 98.8 Å². The van der Waals surface area contributed by atoms with Crippen LogP contribution in [0, 0.1) is 0 Å². The van der Waals surface area contributed by atoms with Crippen molar-refractivity contribution in [3.63, 3.8) is 0 Å². The molecule has 0 aliphatic rings. The Morgan fingerprint density at radius 2 is 0.771 bits per heavy atom. The van der Waals surface area contributed by atoms with Crippen LogP contribution in [0.15, 0.2) is 72.8 Å². The Morgan fingerprint density at radius 1 is 0.486 bits per heavy atom. The molecule has 0 atom stereocenters. The van der Waals surface area contributed by atoms with Crippen molar-refractivity contribution in [1.82, 2.24) is 0 Å². The summed E-state index contributed by atoms with van der Waals surface area (Å²) >= 11 is 0. The van der Waals surface area contributed by atoms with Gasteiger partial charge in [0.1, 0.15) is 0 Å². The number of benzene rings is 3. The average Bonchev–Trinajstić information content (AvgIpc) is 2.78. The molecule has 3 rings (SSSR count). The van der Waals surface area contributed by atoms with Gasteiger partial charge in [-0.2, -0.15) is 22.7 Å². The van der Waals surface area contributed by atoms with E-state index in [-0.39, 0.29) is 16.2 Å². The maximum absolute atomic E-state index is 2.45. The van der Waals surface area contributed by atoms with Gasteiger partial charge in [-0.1, -0.05) is 172 Å². The van der Waals surface area contributed by atoms with E-state index in [1.807, 2.05) is 0 Å². The van der Waals surface area contributed by atoms with E-state index in [0.29, 0.717) is 0 Å². The fourth-order valence-electron chi connectivity index (χ4n) is 6.31. The van der Waals surface area contributed by atoms with Crippen LogP contribution in [0.2, 0.25) is 6.32 Å². The first-order valence-electron chi connectivity index (χ1n) is 13.7. The van der Waals surface area contributed by atoms with Crippen LogP contribution >= 0.6 is 0 Å². The maximum atomic E-state index is 2.45. The molecule has 0 saturated carbocycles. The number of rotatable bonds is 6. The van der Waals surface area contributed by atoms with Gasteiger partial charge in [0.25, 0.3) is 0 Å². The largest absolute Gasteiger partial charge is 0.196 e. The summed E-state index contributed by atoms with van der Waals surface area (Å²) in [5, 5.41) is 0. The minimum absolute atomic E-state index is 0.0587. The Hall–Kier alpha value is -2.28. The van der Waals surface area contributed by atoms with Crippen LogP contribution < -0.4 is 16.4 Å². The summed E-state index contributed by atoms with van der Waals surface area (Å²) in [5.41, 5.74) is 9.19. The lowest BCUT2D eigenvalue weighted by Crippen LogP contribution is -2.70. The Kier molecular flexibility index (Phi) is 7.80. The summed E-state index contributed by atoms with van der Waals surface area (Å²) < 4.78 is 0. The average molecular weight is 468 g/mol. The van der Waals surface area contributed by atoms with E-state index in [9.17, 15) is 0 Å². The van der Waals surface area contributed by atoms with Gasteiger partial charge in [-0.05, 0) is 16.2 Å². The van der Waals surface area contributed by atoms with Crippen molar-refractivity contribution >= 4 is 22.5 Å². The number of hydrogen-bond acceptors (Lipinski definition) is 0. The lowest BCUT2D eigenvalue weighted by molar-refractivity contribution is 0.591. The summed E-state index contributed by atoms with van der Waals surface area (Å²) in [6.07, 6.45) is 2.34. The molecule has 0 N–H and O–H groups in total.